The average Bonchev–Trinajstić information content (AvgIpc) is 2.72. The molecular formula is C11H12ClN3O. The highest BCUT2D eigenvalue weighted by atomic mass is 35.5. The van der Waals surface area contributed by atoms with Crippen molar-refractivity contribution in [1.29, 1.82) is 0 Å². The Hall–Kier alpha value is -1.13. The monoisotopic (exact) mass is 237 g/mol. The summed E-state index contributed by atoms with van der Waals surface area (Å²) in [6.45, 7) is 1.53. The van der Waals surface area contributed by atoms with Crippen LogP contribution in [0.15, 0.2) is 11.8 Å². The molecule has 1 aromatic rings. The van der Waals surface area contributed by atoms with Crippen LogP contribution in [0.2, 0.25) is 0 Å². The van der Waals surface area contributed by atoms with Crippen molar-refractivity contribution in [1.82, 2.24) is 15.5 Å². The Morgan fingerprint density at radius 3 is 3.25 bits per heavy atom. The summed E-state index contributed by atoms with van der Waals surface area (Å²) in [7, 11) is 0. The molecule has 0 spiro atoms. The van der Waals surface area contributed by atoms with Gasteiger partial charge in [-0.15, -0.1) is 0 Å². The summed E-state index contributed by atoms with van der Waals surface area (Å²) in [4.78, 5) is 11.7. The Morgan fingerprint density at radius 2 is 2.44 bits per heavy atom. The van der Waals surface area contributed by atoms with Gasteiger partial charge in [-0.05, 0) is 42.6 Å². The van der Waals surface area contributed by atoms with Gasteiger partial charge in [-0.2, -0.15) is 5.10 Å². The molecule has 1 unspecified atom stereocenters. The van der Waals surface area contributed by atoms with E-state index in [1.165, 1.54) is 0 Å². The number of hydrogen-bond acceptors (Lipinski definition) is 3. The van der Waals surface area contributed by atoms with E-state index in [-0.39, 0.29) is 5.24 Å². The number of aromatic amines is 1. The first-order valence-electron chi connectivity index (χ1n) is 5.36. The summed E-state index contributed by atoms with van der Waals surface area (Å²) in [6.07, 6.45) is 5.34. The highest BCUT2D eigenvalue weighted by molar-refractivity contribution is 6.65. The van der Waals surface area contributed by atoms with Crippen molar-refractivity contribution in [3.63, 3.8) is 0 Å². The van der Waals surface area contributed by atoms with Gasteiger partial charge in [0, 0.05) is 6.54 Å². The van der Waals surface area contributed by atoms with Gasteiger partial charge in [0.1, 0.15) is 0 Å². The highest BCUT2D eigenvalue weighted by Gasteiger charge is 2.45. The second kappa shape index (κ2) is 3.43. The number of fused-ring (bicyclic) bond motifs is 2. The van der Waals surface area contributed by atoms with Gasteiger partial charge in [-0.1, -0.05) is 5.57 Å². The summed E-state index contributed by atoms with van der Waals surface area (Å²) in [5, 5.41) is 9.94. The maximum Gasteiger partial charge on any atom is 0.233 e. The Labute approximate surface area is 98.1 Å². The number of nitrogens with one attached hydrogen (secondary N) is 2. The smallest absolute Gasteiger partial charge is 0.233 e. The van der Waals surface area contributed by atoms with E-state index in [0.717, 1.165) is 29.8 Å². The molecule has 1 aromatic heterocycles. The molecule has 1 aliphatic carbocycles. The van der Waals surface area contributed by atoms with Gasteiger partial charge in [0.25, 0.3) is 0 Å². The fraction of sp³-hybridized carbons (Fsp3) is 0.455. The Bertz CT molecular complexity index is 479. The van der Waals surface area contributed by atoms with Crippen LogP contribution in [-0.2, 0) is 11.2 Å². The van der Waals surface area contributed by atoms with Crippen LogP contribution in [0.5, 0.6) is 0 Å². The van der Waals surface area contributed by atoms with E-state index < -0.39 is 5.41 Å². The van der Waals surface area contributed by atoms with E-state index in [9.17, 15) is 4.79 Å². The summed E-state index contributed by atoms with van der Waals surface area (Å²) in [5.74, 6) is 0. The van der Waals surface area contributed by atoms with Crippen LogP contribution >= 0.6 is 11.6 Å². The summed E-state index contributed by atoms with van der Waals surface area (Å²) < 4.78 is 0. The van der Waals surface area contributed by atoms with Crippen LogP contribution in [-0.4, -0.2) is 28.5 Å². The van der Waals surface area contributed by atoms with Gasteiger partial charge in [-0.25, -0.2) is 0 Å². The van der Waals surface area contributed by atoms with E-state index in [2.05, 4.69) is 15.5 Å². The van der Waals surface area contributed by atoms with Gasteiger partial charge < -0.3 is 5.32 Å². The second-order valence-electron chi connectivity index (χ2n) is 4.44. The van der Waals surface area contributed by atoms with Crippen LogP contribution in [0.3, 0.4) is 0 Å². The van der Waals surface area contributed by atoms with Crippen molar-refractivity contribution in [3.05, 3.63) is 23.0 Å². The Balaban J connectivity index is 2.13. The van der Waals surface area contributed by atoms with Crippen molar-refractivity contribution < 1.29 is 4.79 Å². The minimum atomic E-state index is -0.545. The standard InChI is InChI=1S/C11H12ClN3O/c12-10(16)11-4-7-5-14-15-9(7)3-8(11)1-2-13-6-11/h3,5,13H,1-2,4,6H2,(H,14,15). The lowest BCUT2D eigenvalue weighted by Gasteiger charge is -2.39. The zero-order valence-corrected chi connectivity index (χ0v) is 9.47. The number of aromatic nitrogens is 2. The van der Waals surface area contributed by atoms with Gasteiger partial charge >= 0.3 is 0 Å². The van der Waals surface area contributed by atoms with E-state index in [4.69, 9.17) is 11.6 Å². The SMILES string of the molecule is O=C(Cl)C12CNCCC1=Cc1[nH]ncc1C2. The van der Waals surface area contributed by atoms with Crippen molar-refractivity contribution in [2.75, 3.05) is 13.1 Å². The fourth-order valence-corrected chi connectivity index (χ4v) is 2.87. The average molecular weight is 238 g/mol. The predicted molar refractivity (Wildman–Crippen MR) is 61.0 cm³/mol. The second-order valence-corrected chi connectivity index (χ2v) is 4.78. The van der Waals surface area contributed by atoms with Crippen LogP contribution in [0, 0.1) is 5.41 Å². The molecule has 1 saturated heterocycles. The quantitative estimate of drug-likeness (QED) is 0.719. The molecule has 1 fully saturated rings. The molecule has 0 bridgehead atoms. The van der Waals surface area contributed by atoms with Crippen molar-refractivity contribution in [2.45, 2.75) is 12.8 Å². The van der Waals surface area contributed by atoms with Crippen molar-refractivity contribution in [2.24, 2.45) is 5.41 Å². The number of H-pyrrole nitrogens is 1. The van der Waals surface area contributed by atoms with Gasteiger partial charge in [-0.3, -0.25) is 9.89 Å². The highest BCUT2D eigenvalue weighted by Crippen LogP contribution is 2.42. The largest absolute Gasteiger partial charge is 0.315 e. The number of nitrogens with zero attached hydrogens (tertiary/aromatic N) is 1. The minimum Gasteiger partial charge on any atom is -0.315 e. The molecule has 2 N–H and O–H groups in total. The molecule has 16 heavy (non-hydrogen) atoms. The Morgan fingerprint density at radius 1 is 1.56 bits per heavy atom. The van der Waals surface area contributed by atoms with E-state index in [1.807, 2.05) is 6.08 Å². The number of piperidine rings is 1. The lowest BCUT2D eigenvalue weighted by Crippen LogP contribution is -2.48. The molecule has 5 heteroatoms. The van der Waals surface area contributed by atoms with E-state index in [1.54, 1.807) is 6.20 Å². The maximum atomic E-state index is 11.7. The minimum absolute atomic E-state index is 0.266. The van der Waals surface area contributed by atoms with Gasteiger partial charge in [0.2, 0.25) is 5.24 Å². The number of carbonyl (C=O) groups excluding carboxylic acids is 1. The molecule has 4 nitrogen and oxygen atoms in total. The summed E-state index contributed by atoms with van der Waals surface area (Å²) >= 11 is 5.80. The molecule has 0 amide bonds. The van der Waals surface area contributed by atoms with Gasteiger partial charge in [0.15, 0.2) is 0 Å². The number of halogens is 1. The molecule has 2 heterocycles. The molecule has 1 atom stereocenters. The third kappa shape index (κ3) is 1.26. The lowest BCUT2D eigenvalue weighted by atomic mass is 9.70. The zero-order valence-electron chi connectivity index (χ0n) is 8.72. The van der Waals surface area contributed by atoms with Crippen LogP contribution in [0.4, 0.5) is 0 Å². The first-order chi connectivity index (χ1) is 7.72. The lowest BCUT2D eigenvalue weighted by molar-refractivity contribution is -0.119. The number of carbonyl (C=O) groups is 1. The normalized spacial score (nSPS) is 27.9. The van der Waals surface area contributed by atoms with Crippen molar-refractivity contribution >= 4 is 22.9 Å². The molecule has 1 aliphatic heterocycles. The fourth-order valence-electron chi connectivity index (χ4n) is 2.62. The van der Waals surface area contributed by atoms with E-state index >= 15 is 0 Å². The Kier molecular flexibility index (Phi) is 2.16. The van der Waals surface area contributed by atoms with Crippen LogP contribution in [0.1, 0.15) is 17.7 Å². The topological polar surface area (TPSA) is 57.8 Å². The van der Waals surface area contributed by atoms with Crippen LogP contribution < -0.4 is 5.32 Å². The van der Waals surface area contributed by atoms with E-state index in [0.29, 0.717) is 13.0 Å². The molecular weight excluding hydrogens is 226 g/mol. The predicted octanol–water partition coefficient (Wildman–Crippen LogP) is 1.09. The summed E-state index contributed by atoms with van der Waals surface area (Å²) in [5.41, 5.74) is 2.67. The maximum absolute atomic E-state index is 11.7. The molecule has 0 radical (unpaired) electrons. The molecule has 2 aliphatic rings. The van der Waals surface area contributed by atoms with Gasteiger partial charge in [0.05, 0.1) is 17.3 Å². The molecule has 84 valence electrons. The first-order valence-corrected chi connectivity index (χ1v) is 5.74. The summed E-state index contributed by atoms with van der Waals surface area (Å²) in [6, 6.07) is 0. The molecule has 3 rings (SSSR count). The molecule has 0 saturated carbocycles. The van der Waals surface area contributed by atoms with Crippen LogP contribution in [0.25, 0.3) is 6.08 Å². The third-order valence-corrected chi connectivity index (χ3v) is 3.91. The number of rotatable bonds is 1. The zero-order chi connectivity index (χ0) is 11.2. The first kappa shape index (κ1) is 10.1. The van der Waals surface area contributed by atoms with Crippen molar-refractivity contribution in [3.8, 4) is 0 Å². The third-order valence-electron chi connectivity index (χ3n) is 3.55. The number of hydrogen-bond donors (Lipinski definition) is 2. The molecule has 0 aromatic carbocycles.